The number of carbonyl (C=O) groups is 2. The fourth-order valence-corrected chi connectivity index (χ4v) is 5.15. The van der Waals surface area contributed by atoms with E-state index < -0.39 is 5.97 Å². The Morgan fingerprint density at radius 1 is 1.05 bits per heavy atom. The van der Waals surface area contributed by atoms with Crippen molar-refractivity contribution in [2.75, 3.05) is 48.9 Å². The molecular weight excluding hydrogens is 562 g/mol. The van der Waals surface area contributed by atoms with Gasteiger partial charge in [-0.05, 0) is 39.8 Å². The first-order chi connectivity index (χ1) is 21.1. The van der Waals surface area contributed by atoms with Gasteiger partial charge in [0.05, 0.1) is 49.2 Å². The van der Waals surface area contributed by atoms with Crippen molar-refractivity contribution in [2.24, 2.45) is 7.05 Å². The molecule has 2 aromatic heterocycles. The molecule has 1 saturated heterocycles. The number of morpholine rings is 1. The Kier molecular flexibility index (Phi) is 9.19. The molecule has 0 unspecified atom stereocenters. The number of ether oxygens (including phenoxy) is 3. The molecule has 3 N–H and O–H groups in total. The van der Waals surface area contributed by atoms with E-state index in [1.165, 1.54) is 6.20 Å². The SMILES string of the molecule is COc1cc(N2CCOCC2)c(NC(=O)NC(C)C)cc1Nc1ncc(C(=O)OC(C)C)c(-c2cn(C)c3ccccc23)n1. The van der Waals surface area contributed by atoms with Crippen molar-refractivity contribution in [3.63, 3.8) is 0 Å². The normalized spacial score (nSPS) is 13.3. The van der Waals surface area contributed by atoms with Crippen LogP contribution in [0.5, 0.6) is 5.75 Å². The highest BCUT2D eigenvalue weighted by atomic mass is 16.5. The van der Waals surface area contributed by atoms with Gasteiger partial charge in [0.2, 0.25) is 5.95 Å². The second-order valence-electron chi connectivity index (χ2n) is 11.1. The lowest BCUT2D eigenvalue weighted by molar-refractivity contribution is 0.0378. The summed E-state index contributed by atoms with van der Waals surface area (Å²) in [6, 6.07) is 11.2. The summed E-state index contributed by atoms with van der Waals surface area (Å²) in [5.74, 6) is 0.258. The fraction of sp³-hybridized carbons (Fsp3) is 0.375. The second kappa shape index (κ2) is 13.2. The average Bonchev–Trinajstić information content (AvgIpc) is 3.33. The number of amides is 2. The van der Waals surface area contributed by atoms with Gasteiger partial charge in [-0.1, -0.05) is 18.2 Å². The van der Waals surface area contributed by atoms with E-state index in [2.05, 4.69) is 25.8 Å². The van der Waals surface area contributed by atoms with Crippen LogP contribution in [0.1, 0.15) is 38.1 Å². The summed E-state index contributed by atoms with van der Waals surface area (Å²) < 4.78 is 18.8. The molecule has 44 heavy (non-hydrogen) atoms. The molecular formula is C32H39N7O5. The van der Waals surface area contributed by atoms with Crippen molar-refractivity contribution in [3.8, 4) is 17.0 Å². The molecule has 12 heteroatoms. The molecule has 0 aliphatic carbocycles. The van der Waals surface area contributed by atoms with Crippen molar-refractivity contribution in [3.05, 3.63) is 54.4 Å². The number of methoxy groups -OCH3 is 1. The molecule has 0 bridgehead atoms. The monoisotopic (exact) mass is 601 g/mol. The molecule has 0 radical (unpaired) electrons. The van der Waals surface area contributed by atoms with Crippen molar-refractivity contribution in [1.29, 1.82) is 0 Å². The Morgan fingerprint density at radius 2 is 1.80 bits per heavy atom. The quantitative estimate of drug-likeness (QED) is 0.218. The number of hydrogen-bond donors (Lipinski definition) is 3. The van der Waals surface area contributed by atoms with Crippen molar-refractivity contribution in [1.82, 2.24) is 19.9 Å². The van der Waals surface area contributed by atoms with E-state index in [0.717, 1.165) is 22.2 Å². The Balaban J connectivity index is 1.58. The zero-order chi connectivity index (χ0) is 31.4. The summed E-state index contributed by atoms with van der Waals surface area (Å²) in [4.78, 5) is 37.4. The van der Waals surface area contributed by atoms with Crippen molar-refractivity contribution < 1.29 is 23.8 Å². The first-order valence-corrected chi connectivity index (χ1v) is 14.7. The zero-order valence-electron chi connectivity index (χ0n) is 25.9. The van der Waals surface area contributed by atoms with Gasteiger partial charge in [-0.3, -0.25) is 0 Å². The van der Waals surface area contributed by atoms with E-state index >= 15 is 0 Å². The third-order valence-corrected chi connectivity index (χ3v) is 7.09. The minimum absolute atomic E-state index is 0.0422. The first kappa shape index (κ1) is 30.6. The number of aryl methyl sites for hydroxylation is 1. The van der Waals surface area contributed by atoms with Crippen molar-refractivity contribution in [2.45, 2.75) is 39.8 Å². The summed E-state index contributed by atoms with van der Waals surface area (Å²) in [7, 11) is 3.53. The van der Waals surface area contributed by atoms with Gasteiger partial charge in [0.25, 0.3) is 0 Å². The number of benzene rings is 2. The van der Waals surface area contributed by atoms with Gasteiger partial charge in [0.1, 0.15) is 11.3 Å². The third kappa shape index (κ3) is 6.70. The van der Waals surface area contributed by atoms with Gasteiger partial charge in [-0.15, -0.1) is 0 Å². The van der Waals surface area contributed by atoms with E-state index in [1.807, 2.05) is 62.0 Å². The van der Waals surface area contributed by atoms with Crippen LogP contribution in [0.4, 0.5) is 27.8 Å². The Labute approximate surface area is 256 Å². The molecule has 0 atom stereocenters. The number of nitrogens with one attached hydrogen (secondary N) is 3. The standard InChI is InChI=1S/C32H39N7O5/c1-19(2)34-32(41)36-24-15-25(28(42-6)16-27(24)39-11-13-43-14-12-39)35-31-33-17-22(30(40)44-20(3)4)29(37-31)23-18-38(5)26-10-8-7-9-21(23)26/h7-10,15-20H,11-14H2,1-6H3,(H,33,35,37)(H2,34,36,41). The van der Waals surface area contributed by atoms with Gasteiger partial charge in [0.15, 0.2) is 0 Å². The minimum atomic E-state index is -0.510. The largest absolute Gasteiger partial charge is 0.494 e. The number of carbonyl (C=O) groups excluding carboxylic acids is 2. The van der Waals surface area contributed by atoms with Gasteiger partial charge >= 0.3 is 12.0 Å². The predicted octanol–water partition coefficient (Wildman–Crippen LogP) is 5.32. The molecule has 1 fully saturated rings. The number of urea groups is 1. The van der Waals surface area contributed by atoms with Gasteiger partial charge in [-0.2, -0.15) is 0 Å². The van der Waals surface area contributed by atoms with E-state index in [9.17, 15) is 9.59 Å². The van der Waals surface area contributed by atoms with Crippen LogP contribution in [0.2, 0.25) is 0 Å². The van der Waals surface area contributed by atoms with Crippen LogP contribution in [-0.2, 0) is 16.5 Å². The van der Waals surface area contributed by atoms with Crippen LogP contribution >= 0.6 is 0 Å². The highest BCUT2D eigenvalue weighted by Crippen LogP contribution is 2.39. The van der Waals surface area contributed by atoms with E-state index in [0.29, 0.717) is 49.1 Å². The summed E-state index contributed by atoms with van der Waals surface area (Å²) in [6.07, 6.45) is 3.10. The topological polar surface area (TPSA) is 132 Å². The maximum absolute atomic E-state index is 13.2. The molecule has 1 aliphatic rings. The molecule has 2 amide bonds. The average molecular weight is 602 g/mol. The van der Waals surface area contributed by atoms with Crippen LogP contribution in [0.15, 0.2) is 48.8 Å². The smallest absolute Gasteiger partial charge is 0.342 e. The highest BCUT2D eigenvalue weighted by Gasteiger charge is 2.24. The lowest BCUT2D eigenvalue weighted by Crippen LogP contribution is -2.38. The summed E-state index contributed by atoms with van der Waals surface area (Å²) in [6.45, 7) is 9.89. The minimum Gasteiger partial charge on any atom is -0.494 e. The van der Waals surface area contributed by atoms with Gasteiger partial charge in [0, 0.05) is 61.1 Å². The molecule has 12 nitrogen and oxygen atoms in total. The molecule has 0 saturated carbocycles. The molecule has 4 aromatic rings. The van der Waals surface area contributed by atoms with E-state index in [-0.39, 0.29) is 29.7 Å². The predicted molar refractivity (Wildman–Crippen MR) is 171 cm³/mol. The number of para-hydroxylation sites is 1. The first-order valence-electron chi connectivity index (χ1n) is 14.7. The van der Waals surface area contributed by atoms with Crippen molar-refractivity contribution >= 4 is 45.9 Å². The molecule has 3 heterocycles. The zero-order valence-corrected chi connectivity index (χ0v) is 25.9. The van der Waals surface area contributed by atoms with Gasteiger partial charge in [-0.25, -0.2) is 19.6 Å². The maximum atomic E-state index is 13.2. The Bertz CT molecular complexity index is 1660. The second-order valence-corrected chi connectivity index (χ2v) is 11.1. The highest BCUT2D eigenvalue weighted by molar-refractivity contribution is 6.03. The van der Waals surface area contributed by atoms with Crippen LogP contribution < -0.4 is 25.6 Å². The van der Waals surface area contributed by atoms with Crippen LogP contribution in [0, 0.1) is 0 Å². The number of nitrogens with zero attached hydrogens (tertiary/aromatic N) is 4. The summed E-state index contributed by atoms with van der Waals surface area (Å²) in [5, 5.41) is 10.1. The van der Waals surface area contributed by atoms with E-state index in [4.69, 9.17) is 19.2 Å². The maximum Gasteiger partial charge on any atom is 0.342 e. The number of fused-ring (bicyclic) bond motifs is 1. The summed E-state index contributed by atoms with van der Waals surface area (Å²) in [5.41, 5.74) is 4.37. The number of esters is 1. The molecule has 0 spiro atoms. The third-order valence-electron chi connectivity index (χ3n) is 7.09. The Morgan fingerprint density at radius 3 is 2.50 bits per heavy atom. The van der Waals surface area contributed by atoms with Crippen LogP contribution in [0.3, 0.4) is 0 Å². The molecule has 5 rings (SSSR count). The molecule has 232 valence electrons. The van der Waals surface area contributed by atoms with Crippen LogP contribution in [-0.4, -0.2) is 72.1 Å². The van der Waals surface area contributed by atoms with E-state index in [1.54, 1.807) is 27.0 Å². The fourth-order valence-electron chi connectivity index (χ4n) is 5.15. The number of hydrogen-bond acceptors (Lipinski definition) is 9. The number of rotatable bonds is 9. The number of aromatic nitrogens is 3. The lowest BCUT2D eigenvalue weighted by atomic mass is 10.1. The number of anilines is 4. The molecule has 1 aliphatic heterocycles. The Hall–Kier alpha value is -4.84. The van der Waals surface area contributed by atoms with Gasteiger partial charge < -0.3 is 39.6 Å². The lowest BCUT2D eigenvalue weighted by Gasteiger charge is -2.31. The van der Waals surface area contributed by atoms with Crippen LogP contribution in [0.25, 0.3) is 22.2 Å². The molecule has 2 aromatic carbocycles. The summed E-state index contributed by atoms with van der Waals surface area (Å²) >= 11 is 0.